The van der Waals surface area contributed by atoms with E-state index in [-0.39, 0.29) is 11.3 Å². The summed E-state index contributed by atoms with van der Waals surface area (Å²) >= 11 is 0. The van der Waals surface area contributed by atoms with Crippen molar-refractivity contribution in [3.8, 4) is 5.75 Å². The molecule has 2 fully saturated rings. The zero-order valence-corrected chi connectivity index (χ0v) is 17.8. The first kappa shape index (κ1) is 20.5. The predicted molar refractivity (Wildman–Crippen MR) is 113 cm³/mol. The summed E-state index contributed by atoms with van der Waals surface area (Å²) in [4.78, 5) is 30.3. The van der Waals surface area contributed by atoms with Gasteiger partial charge in [0.25, 0.3) is 5.91 Å². The highest BCUT2D eigenvalue weighted by Gasteiger charge is 2.43. The largest absolute Gasteiger partial charge is 0.494 e. The van der Waals surface area contributed by atoms with Gasteiger partial charge in [-0.1, -0.05) is 0 Å². The molecule has 4 rings (SSSR count). The molecule has 2 aliphatic rings. The number of rotatable bonds is 3. The van der Waals surface area contributed by atoms with Gasteiger partial charge in [0.1, 0.15) is 17.4 Å². The molecule has 1 unspecified atom stereocenters. The van der Waals surface area contributed by atoms with Gasteiger partial charge in [0.05, 0.1) is 25.0 Å². The number of aliphatic hydroxyl groups excluding tert-OH is 1. The van der Waals surface area contributed by atoms with Gasteiger partial charge in [0.2, 0.25) is 0 Å². The Morgan fingerprint density at radius 1 is 1.27 bits per heavy atom. The number of hydrogen-bond donors (Lipinski definition) is 1. The number of aliphatic hydroxyl groups is 1. The van der Waals surface area contributed by atoms with Crippen molar-refractivity contribution in [3.63, 3.8) is 0 Å². The van der Waals surface area contributed by atoms with Crippen molar-refractivity contribution in [2.24, 2.45) is 5.41 Å². The Labute approximate surface area is 176 Å². The number of likely N-dealkylation sites (tertiary alicyclic amines) is 1. The van der Waals surface area contributed by atoms with Gasteiger partial charge in [-0.2, -0.15) is 0 Å². The van der Waals surface area contributed by atoms with Crippen molar-refractivity contribution < 1.29 is 14.6 Å². The van der Waals surface area contributed by atoms with E-state index in [0.29, 0.717) is 24.4 Å². The first-order valence-electron chi connectivity index (χ1n) is 10.4. The number of β-amino-alcohol motifs (C(OH)–C–C–N with tert-alkyl or cyclic N) is 1. The molecule has 30 heavy (non-hydrogen) atoms. The maximum Gasteiger partial charge on any atom is 0.257 e. The molecule has 2 aromatic heterocycles. The number of carbonyl (C=O) groups excluding carboxylic acids is 1. The minimum absolute atomic E-state index is 0.0821. The number of carbonyl (C=O) groups is 1. The number of nitrogens with zero attached hydrogens (tertiary/aromatic N) is 5. The third-order valence-corrected chi connectivity index (χ3v) is 6.28. The van der Waals surface area contributed by atoms with Crippen LogP contribution >= 0.6 is 0 Å². The lowest BCUT2D eigenvalue weighted by Gasteiger charge is -2.49. The number of pyridine rings is 1. The van der Waals surface area contributed by atoms with Crippen molar-refractivity contribution in [1.29, 1.82) is 0 Å². The highest BCUT2D eigenvalue weighted by Crippen LogP contribution is 2.41. The standard InChI is InChI=1S/C22H29N5O3/c1-15-10-18(19(30-3)12-24-15)21(29)27-13-17(28)11-22(14-27)5-8-26(9-6-22)20-4-7-23-16(2)25-20/h4,7,10,12,17,28H,5-6,8-9,11,13-14H2,1-3H3. The number of aryl methyl sites for hydroxylation is 2. The van der Waals surface area contributed by atoms with Gasteiger partial charge < -0.3 is 19.6 Å². The average Bonchev–Trinajstić information content (AvgIpc) is 2.73. The first-order valence-corrected chi connectivity index (χ1v) is 10.4. The van der Waals surface area contributed by atoms with Gasteiger partial charge in [-0.3, -0.25) is 9.78 Å². The second-order valence-electron chi connectivity index (χ2n) is 8.52. The van der Waals surface area contributed by atoms with E-state index in [4.69, 9.17) is 4.74 Å². The van der Waals surface area contributed by atoms with E-state index in [9.17, 15) is 9.90 Å². The van der Waals surface area contributed by atoms with E-state index < -0.39 is 6.10 Å². The third-order valence-electron chi connectivity index (χ3n) is 6.28. The van der Waals surface area contributed by atoms with Gasteiger partial charge in [0.15, 0.2) is 0 Å². The van der Waals surface area contributed by atoms with Gasteiger partial charge in [0, 0.05) is 38.1 Å². The minimum Gasteiger partial charge on any atom is -0.494 e. The molecule has 0 saturated carbocycles. The normalized spacial score (nSPS) is 21.0. The predicted octanol–water partition coefficient (Wildman–Crippen LogP) is 1.99. The molecule has 160 valence electrons. The van der Waals surface area contributed by atoms with Crippen LogP contribution in [0.3, 0.4) is 0 Å². The molecular formula is C22H29N5O3. The van der Waals surface area contributed by atoms with Gasteiger partial charge >= 0.3 is 0 Å². The van der Waals surface area contributed by atoms with Crippen LogP contribution in [0.4, 0.5) is 5.82 Å². The van der Waals surface area contributed by atoms with Crippen molar-refractivity contribution in [1.82, 2.24) is 19.9 Å². The molecule has 0 bridgehead atoms. The Morgan fingerprint density at radius 2 is 2.03 bits per heavy atom. The van der Waals surface area contributed by atoms with Crippen molar-refractivity contribution >= 4 is 11.7 Å². The lowest BCUT2D eigenvalue weighted by atomic mass is 9.71. The number of amides is 1. The number of methoxy groups -OCH3 is 1. The highest BCUT2D eigenvalue weighted by molar-refractivity contribution is 5.97. The van der Waals surface area contributed by atoms with E-state index in [1.165, 1.54) is 0 Å². The number of piperidine rings is 2. The number of anilines is 1. The van der Waals surface area contributed by atoms with Crippen LogP contribution in [0.5, 0.6) is 5.75 Å². The average molecular weight is 412 g/mol. The van der Waals surface area contributed by atoms with Crippen LogP contribution in [0.15, 0.2) is 24.5 Å². The van der Waals surface area contributed by atoms with E-state index in [2.05, 4.69) is 19.9 Å². The SMILES string of the molecule is COc1cnc(C)cc1C(=O)N1CC(O)CC2(CCN(c3ccnc(C)n3)CC2)C1. The molecule has 0 aromatic carbocycles. The molecule has 4 heterocycles. The van der Waals surface area contributed by atoms with Crippen LogP contribution in [0.1, 0.15) is 41.1 Å². The third kappa shape index (κ3) is 4.09. The molecule has 8 nitrogen and oxygen atoms in total. The summed E-state index contributed by atoms with van der Waals surface area (Å²) in [7, 11) is 1.54. The van der Waals surface area contributed by atoms with Gasteiger partial charge in [-0.15, -0.1) is 0 Å². The maximum atomic E-state index is 13.3. The quantitative estimate of drug-likeness (QED) is 0.826. The Hall–Kier alpha value is -2.74. The molecule has 0 radical (unpaired) electrons. The van der Waals surface area contributed by atoms with Crippen LogP contribution < -0.4 is 9.64 Å². The number of ether oxygens (including phenoxy) is 1. The van der Waals surface area contributed by atoms with E-state index in [1.807, 2.05) is 19.9 Å². The molecule has 2 aliphatic heterocycles. The van der Waals surface area contributed by atoms with Crippen LogP contribution in [0.2, 0.25) is 0 Å². The zero-order valence-electron chi connectivity index (χ0n) is 17.8. The molecule has 2 saturated heterocycles. The molecule has 1 atom stereocenters. The Morgan fingerprint density at radius 3 is 2.73 bits per heavy atom. The topological polar surface area (TPSA) is 91.7 Å². The monoisotopic (exact) mass is 411 g/mol. The lowest BCUT2D eigenvalue weighted by molar-refractivity contribution is -0.0151. The Kier molecular flexibility index (Phi) is 5.60. The van der Waals surface area contributed by atoms with Crippen molar-refractivity contribution in [3.05, 3.63) is 41.6 Å². The van der Waals surface area contributed by atoms with E-state index in [0.717, 1.165) is 49.7 Å². The first-order chi connectivity index (χ1) is 14.4. The lowest BCUT2D eigenvalue weighted by Crippen LogP contribution is -2.55. The Bertz CT molecular complexity index is 927. The van der Waals surface area contributed by atoms with E-state index in [1.54, 1.807) is 30.5 Å². The van der Waals surface area contributed by atoms with Crippen LogP contribution in [-0.4, -0.2) is 70.3 Å². The number of aromatic nitrogens is 3. The highest BCUT2D eigenvalue weighted by atomic mass is 16.5. The van der Waals surface area contributed by atoms with E-state index >= 15 is 0 Å². The molecule has 1 spiro atoms. The zero-order chi connectivity index (χ0) is 21.3. The second kappa shape index (κ2) is 8.18. The fourth-order valence-electron chi connectivity index (χ4n) is 4.75. The van der Waals surface area contributed by atoms with Crippen LogP contribution in [0.25, 0.3) is 0 Å². The molecular weight excluding hydrogens is 382 g/mol. The summed E-state index contributed by atoms with van der Waals surface area (Å²) in [5.41, 5.74) is 1.18. The van der Waals surface area contributed by atoms with Crippen LogP contribution in [0, 0.1) is 19.3 Å². The van der Waals surface area contributed by atoms with Crippen LogP contribution in [-0.2, 0) is 0 Å². The van der Waals surface area contributed by atoms with Gasteiger partial charge in [-0.05, 0) is 50.7 Å². The molecule has 8 heteroatoms. The second-order valence-corrected chi connectivity index (χ2v) is 8.52. The van der Waals surface area contributed by atoms with Gasteiger partial charge in [-0.25, -0.2) is 9.97 Å². The molecule has 2 aromatic rings. The van der Waals surface area contributed by atoms with Crippen molar-refractivity contribution in [2.75, 3.05) is 38.2 Å². The molecule has 0 aliphatic carbocycles. The fourth-order valence-corrected chi connectivity index (χ4v) is 4.75. The molecule has 1 amide bonds. The maximum absolute atomic E-state index is 13.3. The summed E-state index contributed by atoms with van der Waals surface area (Å²) in [5.74, 6) is 2.07. The summed E-state index contributed by atoms with van der Waals surface area (Å²) in [6.07, 6.45) is 5.38. The summed E-state index contributed by atoms with van der Waals surface area (Å²) in [6.45, 7) is 6.44. The smallest absolute Gasteiger partial charge is 0.257 e. The summed E-state index contributed by atoms with van der Waals surface area (Å²) in [5, 5.41) is 10.6. The number of hydrogen-bond acceptors (Lipinski definition) is 7. The fraction of sp³-hybridized carbons (Fsp3) is 0.545. The minimum atomic E-state index is -0.524. The van der Waals surface area contributed by atoms with Crippen molar-refractivity contribution in [2.45, 2.75) is 39.2 Å². The Balaban J connectivity index is 1.50. The summed E-state index contributed by atoms with van der Waals surface area (Å²) < 4.78 is 5.36. The summed E-state index contributed by atoms with van der Waals surface area (Å²) in [6, 6.07) is 3.70. The molecule has 1 N–H and O–H groups in total.